The first-order chi connectivity index (χ1) is 13.4. The zero-order valence-electron chi connectivity index (χ0n) is 17.1. The van der Waals surface area contributed by atoms with E-state index in [0.717, 1.165) is 16.8 Å². The molecule has 154 valence electrons. The summed E-state index contributed by atoms with van der Waals surface area (Å²) in [5, 5.41) is 32.6. The fourth-order valence-corrected chi connectivity index (χ4v) is 2.75. The lowest BCUT2D eigenvalue weighted by atomic mass is 9.88. The van der Waals surface area contributed by atoms with E-state index < -0.39 is 11.2 Å². The van der Waals surface area contributed by atoms with E-state index in [1.165, 1.54) is 4.68 Å². The maximum Gasteiger partial charge on any atom is 0.227 e. The first kappa shape index (κ1) is 21.2. The van der Waals surface area contributed by atoms with Gasteiger partial charge in [-0.25, -0.2) is 14.6 Å². The minimum atomic E-state index is -1.36. The lowest BCUT2D eigenvalue weighted by Gasteiger charge is -2.35. The number of aliphatic hydroxyl groups is 2. The molecule has 2 heterocycles. The Morgan fingerprint density at radius 3 is 2.52 bits per heavy atom. The van der Waals surface area contributed by atoms with Crippen molar-refractivity contribution >= 4 is 23.2 Å². The molecule has 3 N–H and O–H groups in total. The third-order valence-corrected chi connectivity index (χ3v) is 5.25. The van der Waals surface area contributed by atoms with Gasteiger partial charge in [-0.3, -0.25) is 0 Å². The van der Waals surface area contributed by atoms with Gasteiger partial charge in [-0.1, -0.05) is 16.8 Å². The van der Waals surface area contributed by atoms with Crippen molar-refractivity contribution in [3.05, 3.63) is 46.9 Å². The van der Waals surface area contributed by atoms with Crippen LogP contribution in [0.4, 0.5) is 11.6 Å². The average molecular weight is 417 g/mol. The molecule has 0 unspecified atom stereocenters. The molecule has 1 atom stereocenters. The number of halogens is 1. The molecule has 0 fully saturated rings. The van der Waals surface area contributed by atoms with E-state index in [1.807, 2.05) is 32.0 Å². The first-order valence-corrected chi connectivity index (χ1v) is 9.55. The second kappa shape index (κ2) is 7.70. The molecular weight excluding hydrogens is 392 g/mol. The zero-order valence-corrected chi connectivity index (χ0v) is 17.9. The molecule has 1 aromatic carbocycles. The van der Waals surface area contributed by atoms with Crippen LogP contribution in [0.3, 0.4) is 0 Å². The number of nitrogens with one attached hydrogen (secondary N) is 1. The van der Waals surface area contributed by atoms with Gasteiger partial charge in [0.1, 0.15) is 11.3 Å². The quantitative estimate of drug-likeness (QED) is 0.565. The molecule has 0 aliphatic carbocycles. The fourth-order valence-electron chi connectivity index (χ4n) is 2.66. The SMILES string of the molecule is Cc1cc(Nc2ncc(Cl)c(C)n2)cc(-c2cn(C[C@@](C)(O)C(C)(C)O)nn2)c1. The van der Waals surface area contributed by atoms with Gasteiger partial charge in [0.05, 0.1) is 35.3 Å². The van der Waals surface area contributed by atoms with Crippen LogP contribution in [-0.4, -0.2) is 46.4 Å². The van der Waals surface area contributed by atoms with E-state index in [9.17, 15) is 10.2 Å². The van der Waals surface area contributed by atoms with Gasteiger partial charge in [0.15, 0.2) is 0 Å². The maximum absolute atomic E-state index is 10.5. The second-order valence-corrected chi connectivity index (χ2v) is 8.38. The normalized spacial score (nSPS) is 13.9. The van der Waals surface area contributed by atoms with Crippen LogP contribution in [0.5, 0.6) is 0 Å². The zero-order chi connectivity index (χ0) is 21.4. The van der Waals surface area contributed by atoms with Crippen molar-refractivity contribution in [3.63, 3.8) is 0 Å². The molecule has 0 aliphatic rings. The Morgan fingerprint density at radius 1 is 1.14 bits per heavy atom. The summed E-state index contributed by atoms with van der Waals surface area (Å²) in [4.78, 5) is 8.53. The van der Waals surface area contributed by atoms with Crippen molar-refractivity contribution in [2.24, 2.45) is 0 Å². The lowest BCUT2D eigenvalue weighted by molar-refractivity contribution is -0.129. The molecule has 0 spiro atoms. The van der Waals surface area contributed by atoms with E-state index in [0.29, 0.717) is 22.4 Å². The van der Waals surface area contributed by atoms with Crippen LogP contribution in [0.15, 0.2) is 30.6 Å². The number of aromatic nitrogens is 5. The molecule has 0 radical (unpaired) electrons. The molecule has 3 aromatic rings. The maximum atomic E-state index is 10.5. The Morgan fingerprint density at radius 2 is 1.86 bits per heavy atom. The van der Waals surface area contributed by atoms with Gasteiger partial charge in [-0.15, -0.1) is 5.10 Å². The van der Waals surface area contributed by atoms with E-state index in [4.69, 9.17) is 11.6 Å². The Bertz CT molecular complexity index is 1030. The summed E-state index contributed by atoms with van der Waals surface area (Å²) in [7, 11) is 0. The fraction of sp³-hybridized carbons (Fsp3) is 0.400. The smallest absolute Gasteiger partial charge is 0.227 e. The Labute approximate surface area is 174 Å². The predicted octanol–water partition coefficient (Wildman–Crippen LogP) is 3.27. The highest BCUT2D eigenvalue weighted by Crippen LogP contribution is 2.27. The van der Waals surface area contributed by atoms with Crippen molar-refractivity contribution in [2.45, 2.75) is 52.4 Å². The molecule has 0 bridgehead atoms. The summed E-state index contributed by atoms with van der Waals surface area (Å²) in [6, 6.07) is 5.88. The monoisotopic (exact) mass is 416 g/mol. The highest BCUT2D eigenvalue weighted by atomic mass is 35.5. The van der Waals surface area contributed by atoms with Crippen LogP contribution < -0.4 is 5.32 Å². The van der Waals surface area contributed by atoms with Crippen molar-refractivity contribution in [2.75, 3.05) is 5.32 Å². The number of anilines is 2. The largest absolute Gasteiger partial charge is 0.387 e. The standard InChI is InChI=1S/C20H25ClN6O2/c1-12-6-14(8-15(7-12)24-18-22-9-16(21)13(2)23-18)17-10-27(26-25-17)11-20(5,29)19(3,4)28/h6-10,28-29H,11H2,1-5H3,(H,22,23,24)/t20-/m1/s1. The van der Waals surface area contributed by atoms with E-state index in [1.54, 1.807) is 33.2 Å². The van der Waals surface area contributed by atoms with Gasteiger partial charge < -0.3 is 15.5 Å². The number of rotatable bonds is 6. The van der Waals surface area contributed by atoms with Crippen LogP contribution in [0.25, 0.3) is 11.3 Å². The molecule has 8 nitrogen and oxygen atoms in total. The van der Waals surface area contributed by atoms with Gasteiger partial charge >= 0.3 is 0 Å². The Balaban J connectivity index is 1.85. The molecule has 3 rings (SSSR count). The van der Waals surface area contributed by atoms with Gasteiger partial charge in [0.25, 0.3) is 0 Å². The first-order valence-electron chi connectivity index (χ1n) is 9.18. The molecular formula is C20H25ClN6O2. The van der Waals surface area contributed by atoms with Crippen molar-refractivity contribution in [1.82, 2.24) is 25.0 Å². The number of aryl methyl sites for hydroxylation is 2. The van der Waals surface area contributed by atoms with Crippen molar-refractivity contribution < 1.29 is 10.2 Å². The minimum Gasteiger partial charge on any atom is -0.387 e. The summed E-state index contributed by atoms with van der Waals surface area (Å²) in [5.41, 5.74) is 1.38. The molecule has 0 saturated carbocycles. The van der Waals surface area contributed by atoms with E-state index >= 15 is 0 Å². The number of hydrogen-bond acceptors (Lipinski definition) is 7. The van der Waals surface area contributed by atoms with Crippen LogP contribution >= 0.6 is 11.6 Å². The average Bonchev–Trinajstić information content (AvgIpc) is 3.04. The summed E-state index contributed by atoms with van der Waals surface area (Å²) in [6.45, 7) is 8.59. The van der Waals surface area contributed by atoms with Crippen LogP contribution in [0.2, 0.25) is 5.02 Å². The molecule has 0 aliphatic heterocycles. The third kappa shape index (κ3) is 4.90. The van der Waals surface area contributed by atoms with E-state index in [2.05, 4.69) is 25.6 Å². The molecule has 0 amide bonds. The second-order valence-electron chi connectivity index (χ2n) is 7.97. The van der Waals surface area contributed by atoms with Crippen molar-refractivity contribution in [3.8, 4) is 11.3 Å². The van der Waals surface area contributed by atoms with Crippen LogP contribution in [-0.2, 0) is 6.54 Å². The minimum absolute atomic E-state index is 0.109. The summed E-state index contributed by atoms with van der Waals surface area (Å²) in [6.07, 6.45) is 3.30. The van der Waals surface area contributed by atoms with Crippen molar-refractivity contribution in [1.29, 1.82) is 0 Å². The lowest BCUT2D eigenvalue weighted by Crippen LogP contribution is -2.50. The molecule has 9 heteroatoms. The van der Waals surface area contributed by atoms with Crippen LogP contribution in [0.1, 0.15) is 32.0 Å². The highest BCUT2D eigenvalue weighted by molar-refractivity contribution is 6.31. The van der Waals surface area contributed by atoms with Gasteiger partial charge in [-0.2, -0.15) is 0 Å². The van der Waals surface area contributed by atoms with Gasteiger partial charge in [-0.05, 0) is 58.4 Å². The third-order valence-electron chi connectivity index (χ3n) is 4.88. The number of nitrogens with zero attached hydrogens (tertiary/aromatic N) is 5. The highest BCUT2D eigenvalue weighted by Gasteiger charge is 2.38. The van der Waals surface area contributed by atoms with Crippen LogP contribution in [0, 0.1) is 13.8 Å². The number of hydrogen-bond donors (Lipinski definition) is 3. The van der Waals surface area contributed by atoms with E-state index in [-0.39, 0.29) is 6.54 Å². The molecule has 29 heavy (non-hydrogen) atoms. The van der Waals surface area contributed by atoms with Gasteiger partial charge in [0.2, 0.25) is 5.95 Å². The summed E-state index contributed by atoms with van der Waals surface area (Å²) < 4.78 is 1.52. The number of benzene rings is 1. The summed E-state index contributed by atoms with van der Waals surface area (Å²) >= 11 is 5.99. The Hall–Kier alpha value is -2.55. The Kier molecular flexibility index (Phi) is 5.62. The molecule has 0 saturated heterocycles. The molecule has 2 aromatic heterocycles. The summed E-state index contributed by atoms with van der Waals surface area (Å²) in [5.74, 6) is 0.452. The topological polar surface area (TPSA) is 109 Å². The predicted molar refractivity (Wildman–Crippen MR) is 112 cm³/mol. The van der Waals surface area contributed by atoms with Gasteiger partial charge in [0, 0.05) is 11.3 Å².